The van der Waals surface area contributed by atoms with Gasteiger partial charge in [-0.05, 0) is 35.4 Å². The minimum Gasteiger partial charge on any atom is -0.465 e. The Kier molecular flexibility index (Phi) is 4.46. The summed E-state index contributed by atoms with van der Waals surface area (Å²) in [7, 11) is 1.36. The van der Waals surface area contributed by atoms with E-state index in [1.807, 2.05) is 35.2 Å². The van der Waals surface area contributed by atoms with Crippen LogP contribution < -0.4 is 9.47 Å². The Morgan fingerprint density at radius 1 is 1.19 bits per heavy atom. The normalized spacial score (nSPS) is 18.3. The lowest BCUT2D eigenvalue weighted by Gasteiger charge is -2.24. The monoisotopic (exact) mass is 371 g/mol. The van der Waals surface area contributed by atoms with Crippen molar-refractivity contribution in [3.63, 3.8) is 0 Å². The third-order valence-electron chi connectivity index (χ3n) is 4.37. The second kappa shape index (κ2) is 6.92. The Morgan fingerprint density at radius 2 is 1.96 bits per heavy atom. The number of ether oxygens (including phenoxy) is 3. The van der Waals surface area contributed by atoms with E-state index in [0.29, 0.717) is 23.6 Å². The molecule has 6 nitrogen and oxygen atoms in total. The number of benzene rings is 2. The number of hydrogen-bond donors (Lipinski definition) is 0. The zero-order chi connectivity index (χ0) is 18.1. The first-order valence-corrected chi connectivity index (χ1v) is 9.18. The molecule has 4 rings (SSSR count). The van der Waals surface area contributed by atoms with Crippen LogP contribution in [0.15, 0.2) is 42.5 Å². The van der Waals surface area contributed by atoms with Gasteiger partial charge in [0.2, 0.25) is 12.7 Å². The van der Waals surface area contributed by atoms with E-state index in [4.69, 9.17) is 14.2 Å². The molecule has 0 aliphatic carbocycles. The van der Waals surface area contributed by atoms with Gasteiger partial charge in [-0.3, -0.25) is 4.79 Å². The van der Waals surface area contributed by atoms with Gasteiger partial charge in [0, 0.05) is 6.54 Å². The van der Waals surface area contributed by atoms with Crippen molar-refractivity contribution in [1.29, 1.82) is 0 Å². The minimum absolute atomic E-state index is 0.0837. The SMILES string of the molecule is COC(=O)c1ccc(C2SCC(=O)N2Cc2ccc3c(c2)OCO3)cc1. The molecule has 0 saturated carbocycles. The molecule has 2 aliphatic heterocycles. The van der Waals surface area contributed by atoms with Gasteiger partial charge in [-0.15, -0.1) is 11.8 Å². The molecule has 1 fully saturated rings. The topological polar surface area (TPSA) is 65.1 Å². The first kappa shape index (κ1) is 16.8. The molecule has 134 valence electrons. The van der Waals surface area contributed by atoms with Crippen molar-refractivity contribution in [1.82, 2.24) is 4.90 Å². The molecule has 0 radical (unpaired) electrons. The van der Waals surface area contributed by atoms with Gasteiger partial charge in [-0.25, -0.2) is 4.79 Å². The maximum absolute atomic E-state index is 12.4. The van der Waals surface area contributed by atoms with Crippen LogP contribution in [0.1, 0.15) is 26.9 Å². The maximum atomic E-state index is 12.4. The number of nitrogens with zero attached hydrogens (tertiary/aromatic N) is 1. The zero-order valence-electron chi connectivity index (χ0n) is 14.1. The summed E-state index contributed by atoms with van der Waals surface area (Å²) >= 11 is 1.58. The van der Waals surface area contributed by atoms with Crippen LogP contribution in [0.3, 0.4) is 0 Å². The zero-order valence-corrected chi connectivity index (χ0v) is 15.0. The molecule has 26 heavy (non-hydrogen) atoms. The molecular weight excluding hydrogens is 354 g/mol. The van der Waals surface area contributed by atoms with Gasteiger partial charge in [0.25, 0.3) is 0 Å². The third kappa shape index (κ3) is 3.10. The molecule has 1 unspecified atom stereocenters. The van der Waals surface area contributed by atoms with Crippen molar-refractivity contribution in [2.24, 2.45) is 0 Å². The second-order valence-electron chi connectivity index (χ2n) is 5.99. The molecule has 0 aromatic heterocycles. The number of rotatable bonds is 4. The minimum atomic E-state index is -0.371. The highest BCUT2D eigenvalue weighted by molar-refractivity contribution is 8.00. The van der Waals surface area contributed by atoms with E-state index in [1.165, 1.54) is 7.11 Å². The van der Waals surface area contributed by atoms with Crippen molar-refractivity contribution < 1.29 is 23.8 Å². The lowest BCUT2D eigenvalue weighted by molar-refractivity contribution is -0.128. The summed E-state index contributed by atoms with van der Waals surface area (Å²) in [6.07, 6.45) is 0. The fourth-order valence-corrected chi connectivity index (χ4v) is 4.23. The molecule has 2 aliphatic rings. The Labute approximate surface area is 155 Å². The standard InChI is InChI=1S/C19H17NO5S/c1-23-19(22)14-5-3-13(4-6-14)18-20(17(21)10-26-18)9-12-2-7-15-16(8-12)25-11-24-15/h2-8,18H,9-11H2,1H3. The van der Waals surface area contributed by atoms with E-state index in [2.05, 4.69) is 0 Å². The van der Waals surface area contributed by atoms with E-state index in [0.717, 1.165) is 16.9 Å². The average Bonchev–Trinajstić information content (AvgIpc) is 3.28. The van der Waals surface area contributed by atoms with E-state index in [1.54, 1.807) is 23.9 Å². The Bertz CT molecular complexity index is 852. The van der Waals surface area contributed by atoms with E-state index >= 15 is 0 Å². The summed E-state index contributed by atoms with van der Waals surface area (Å²) in [6, 6.07) is 12.9. The van der Waals surface area contributed by atoms with Crippen LogP contribution in [0.5, 0.6) is 11.5 Å². The predicted molar refractivity (Wildman–Crippen MR) is 96.1 cm³/mol. The van der Waals surface area contributed by atoms with Crippen LogP contribution in [0.25, 0.3) is 0 Å². The molecule has 0 N–H and O–H groups in total. The molecule has 0 bridgehead atoms. The number of carbonyl (C=O) groups is 2. The summed E-state index contributed by atoms with van der Waals surface area (Å²) in [5, 5.41) is -0.0837. The highest BCUT2D eigenvalue weighted by Gasteiger charge is 2.33. The Morgan fingerprint density at radius 3 is 2.73 bits per heavy atom. The van der Waals surface area contributed by atoms with Crippen LogP contribution in [0.2, 0.25) is 0 Å². The number of thioether (sulfide) groups is 1. The molecule has 2 aromatic rings. The van der Waals surface area contributed by atoms with Crippen molar-refractivity contribution in [2.45, 2.75) is 11.9 Å². The van der Waals surface area contributed by atoms with E-state index < -0.39 is 0 Å². The van der Waals surface area contributed by atoms with Crippen molar-refractivity contribution in [2.75, 3.05) is 19.7 Å². The first-order chi connectivity index (χ1) is 12.7. The van der Waals surface area contributed by atoms with Crippen molar-refractivity contribution in [3.8, 4) is 11.5 Å². The molecule has 1 saturated heterocycles. The van der Waals surface area contributed by atoms with Crippen molar-refractivity contribution in [3.05, 3.63) is 59.2 Å². The van der Waals surface area contributed by atoms with Gasteiger partial charge < -0.3 is 19.1 Å². The van der Waals surface area contributed by atoms with Crippen LogP contribution >= 0.6 is 11.8 Å². The fourth-order valence-electron chi connectivity index (χ4n) is 3.04. The lowest BCUT2D eigenvalue weighted by Crippen LogP contribution is -2.27. The summed E-state index contributed by atoms with van der Waals surface area (Å²) in [4.78, 5) is 25.8. The smallest absolute Gasteiger partial charge is 0.337 e. The number of carbonyl (C=O) groups excluding carboxylic acids is 2. The third-order valence-corrected chi connectivity index (χ3v) is 5.63. The van der Waals surface area contributed by atoms with E-state index in [9.17, 15) is 9.59 Å². The number of fused-ring (bicyclic) bond motifs is 1. The highest BCUT2D eigenvalue weighted by atomic mass is 32.2. The Hall–Kier alpha value is -2.67. The largest absolute Gasteiger partial charge is 0.465 e. The number of esters is 1. The highest BCUT2D eigenvalue weighted by Crippen LogP contribution is 2.40. The molecule has 2 aromatic carbocycles. The number of hydrogen-bond acceptors (Lipinski definition) is 6. The number of amides is 1. The summed E-state index contributed by atoms with van der Waals surface area (Å²) in [5.74, 6) is 1.60. The first-order valence-electron chi connectivity index (χ1n) is 8.13. The number of methoxy groups -OCH3 is 1. The predicted octanol–water partition coefficient (Wildman–Crippen LogP) is 2.98. The van der Waals surface area contributed by atoms with Crippen molar-refractivity contribution >= 4 is 23.6 Å². The Balaban J connectivity index is 1.54. The summed E-state index contributed by atoms with van der Waals surface area (Å²) < 4.78 is 15.5. The van der Waals surface area contributed by atoms with Gasteiger partial charge in [0.15, 0.2) is 11.5 Å². The summed E-state index contributed by atoms with van der Waals surface area (Å²) in [6.45, 7) is 0.721. The maximum Gasteiger partial charge on any atom is 0.337 e. The molecule has 7 heteroatoms. The van der Waals surface area contributed by atoms with Crippen LogP contribution in [-0.2, 0) is 16.1 Å². The molecule has 2 heterocycles. The van der Waals surface area contributed by atoms with Crippen LogP contribution in [0, 0.1) is 0 Å². The fraction of sp³-hybridized carbons (Fsp3) is 0.263. The quantitative estimate of drug-likeness (QED) is 0.770. The average molecular weight is 371 g/mol. The van der Waals surface area contributed by atoms with Crippen LogP contribution in [0.4, 0.5) is 0 Å². The molecule has 0 spiro atoms. The molecule has 1 amide bonds. The second-order valence-corrected chi connectivity index (χ2v) is 7.05. The van der Waals surface area contributed by atoms with Gasteiger partial charge in [0.05, 0.1) is 18.4 Å². The lowest BCUT2D eigenvalue weighted by atomic mass is 10.1. The van der Waals surface area contributed by atoms with Gasteiger partial charge in [0.1, 0.15) is 5.37 Å². The van der Waals surface area contributed by atoms with Gasteiger partial charge >= 0.3 is 5.97 Å². The summed E-state index contributed by atoms with van der Waals surface area (Å²) in [5.41, 5.74) is 2.46. The van der Waals surface area contributed by atoms with Gasteiger partial charge in [-0.1, -0.05) is 18.2 Å². The molecular formula is C19H17NO5S. The molecule has 1 atom stereocenters. The van der Waals surface area contributed by atoms with Crippen LogP contribution in [-0.4, -0.2) is 36.4 Å². The van der Waals surface area contributed by atoms with E-state index in [-0.39, 0.29) is 24.0 Å². The van der Waals surface area contributed by atoms with Gasteiger partial charge in [-0.2, -0.15) is 0 Å².